The van der Waals surface area contributed by atoms with E-state index in [1.807, 2.05) is 30.3 Å². The molecule has 0 aromatic heterocycles. The van der Waals surface area contributed by atoms with E-state index in [-0.39, 0.29) is 5.82 Å². The van der Waals surface area contributed by atoms with Crippen LogP contribution in [0.3, 0.4) is 0 Å². The molecule has 0 bridgehead atoms. The van der Waals surface area contributed by atoms with Crippen LogP contribution in [0.5, 0.6) is 0 Å². The molecule has 0 aliphatic carbocycles. The molecule has 0 aliphatic rings. The molecule has 0 spiro atoms. The van der Waals surface area contributed by atoms with Gasteiger partial charge in [0.05, 0.1) is 5.69 Å². The molecule has 80 valence electrons. The average Bonchev–Trinajstić information content (AvgIpc) is 2.33. The van der Waals surface area contributed by atoms with Gasteiger partial charge in [-0.2, -0.15) is 0 Å². The van der Waals surface area contributed by atoms with E-state index < -0.39 is 0 Å². The quantitative estimate of drug-likeness (QED) is 0.605. The summed E-state index contributed by atoms with van der Waals surface area (Å²) in [6.45, 7) is 0. The molecule has 2 rings (SSSR count). The van der Waals surface area contributed by atoms with Crippen LogP contribution in [0.15, 0.2) is 59.6 Å². The maximum atomic E-state index is 12.7. The zero-order valence-corrected chi connectivity index (χ0v) is 8.60. The van der Waals surface area contributed by atoms with Crippen molar-refractivity contribution in [1.29, 1.82) is 0 Å². The fraction of sp³-hybridized carbons (Fsp3) is 0. The Balaban J connectivity index is 2.28. The highest BCUT2D eigenvalue weighted by molar-refractivity contribution is 5.98. The number of nitrogens with zero attached hydrogens (tertiary/aromatic N) is 1. The highest BCUT2D eigenvalue weighted by Gasteiger charge is 1.97. The molecule has 0 heterocycles. The lowest BCUT2D eigenvalue weighted by Gasteiger charge is -2.00. The molecule has 0 fully saturated rings. The summed E-state index contributed by atoms with van der Waals surface area (Å²) in [6, 6.07) is 15.3. The lowest BCUT2D eigenvalue weighted by atomic mass is 10.2. The Morgan fingerprint density at radius 2 is 1.56 bits per heavy atom. The summed E-state index contributed by atoms with van der Waals surface area (Å²) in [5, 5.41) is 0. The first-order valence-corrected chi connectivity index (χ1v) is 4.91. The molecule has 0 saturated heterocycles. The van der Waals surface area contributed by atoms with Gasteiger partial charge in [0.1, 0.15) is 11.7 Å². The number of hydrogen-bond acceptors (Lipinski definition) is 1. The van der Waals surface area contributed by atoms with Crippen LogP contribution >= 0.6 is 0 Å². The van der Waals surface area contributed by atoms with E-state index in [2.05, 4.69) is 4.99 Å². The van der Waals surface area contributed by atoms with E-state index in [1.54, 1.807) is 12.1 Å². The van der Waals surface area contributed by atoms with Crippen LogP contribution in [0.1, 0.15) is 5.56 Å². The molecule has 0 saturated carbocycles. The van der Waals surface area contributed by atoms with Gasteiger partial charge in [-0.15, -0.1) is 0 Å². The SMILES string of the molecule is NC(=Nc1ccc(F)cc1)c1ccccc1. The molecule has 0 atom stereocenters. The van der Waals surface area contributed by atoms with Crippen molar-refractivity contribution in [1.82, 2.24) is 0 Å². The van der Waals surface area contributed by atoms with E-state index in [0.717, 1.165) is 5.56 Å². The number of benzene rings is 2. The Bertz CT molecular complexity index is 489. The third-order valence-electron chi connectivity index (χ3n) is 2.15. The molecular formula is C13H11FN2. The van der Waals surface area contributed by atoms with Crippen LogP contribution < -0.4 is 5.73 Å². The molecule has 2 N–H and O–H groups in total. The zero-order chi connectivity index (χ0) is 11.4. The topological polar surface area (TPSA) is 38.4 Å². The highest BCUT2D eigenvalue weighted by Crippen LogP contribution is 2.13. The van der Waals surface area contributed by atoms with Gasteiger partial charge in [-0.05, 0) is 24.3 Å². The van der Waals surface area contributed by atoms with Crippen molar-refractivity contribution < 1.29 is 4.39 Å². The first-order chi connectivity index (χ1) is 7.75. The Labute approximate surface area is 93.3 Å². The van der Waals surface area contributed by atoms with E-state index in [9.17, 15) is 4.39 Å². The van der Waals surface area contributed by atoms with Gasteiger partial charge in [-0.25, -0.2) is 9.38 Å². The number of aliphatic imine (C=N–C) groups is 1. The van der Waals surface area contributed by atoms with Crippen molar-refractivity contribution in [2.45, 2.75) is 0 Å². The van der Waals surface area contributed by atoms with Crippen LogP contribution in [0.2, 0.25) is 0 Å². The maximum absolute atomic E-state index is 12.7. The van der Waals surface area contributed by atoms with Crippen molar-refractivity contribution >= 4 is 11.5 Å². The van der Waals surface area contributed by atoms with Crippen molar-refractivity contribution in [3.63, 3.8) is 0 Å². The predicted molar refractivity (Wildman–Crippen MR) is 63.2 cm³/mol. The van der Waals surface area contributed by atoms with Gasteiger partial charge in [-0.3, -0.25) is 0 Å². The minimum absolute atomic E-state index is 0.280. The van der Waals surface area contributed by atoms with Crippen molar-refractivity contribution in [2.24, 2.45) is 10.7 Å². The molecule has 2 aromatic carbocycles. The molecule has 0 unspecified atom stereocenters. The van der Waals surface area contributed by atoms with Gasteiger partial charge < -0.3 is 5.73 Å². The normalized spacial score (nSPS) is 11.4. The summed E-state index contributed by atoms with van der Waals surface area (Å²) in [4.78, 5) is 4.20. The maximum Gasteiger partial charge on any atom is 0.131 e. The molecular weight excluding hydrogens is 203 g/mol. The van der Waals surface area contributed by atoms with Crippen molar-refractivity contribution in [3.8, 4) is 0 Å². The minimum Gasteiger partial charge on any atom is -0.383 e. The average molecular weight is 214 g/mol. The van der Waals surface area contributed by atoms with Crippen molar-refractivity contribution in [3.05, 3.63) is 66.0 Å². The van der Waals surface area contributed by atoms with Crippen molar-refractivity contribution in [2.75, 3.05) is 0 Å². The summed E-state index contributed by atoms with van der Waals surface area (Å²) in [6.07, 6.45) is 0. The van der Waals surface area contributed by atoms with Crippen LogP contribution in [-0.4, -0.2) is 5.84 Å². The predicted octanol–water partition coefficient (Wildman–Crippen LogP) is 2.86. The summed E-state index contributed by atoms with van der Waals surface area (Å²) >= 11 is 0. The number of nitrogens with two attached hydrogens (primary N) is 1. The lowest BCUT2D eigenvalue weighted by Crippen LogP contribution is -2.12. The largest absolute Gasteiger partial charge is 0.383 e. The molecule has 3 heteroatoms. The van der Waals surface area contributed by atoms with E-state index in [0.29, 0.717) is 11.5 Å². The zero-order valence-electron chi connectivity index (χ0n) is 8.60. The first kappa shape index (κ1) is 10.4. The Hall–Kier alpha value is -2.16. The third kappa shape index (κ3) is 2.45. The van der Waals surface area contributed by atoms with E-state index in [4.69, 9.17) is 5.73 Å². The second-order valence-electron chi connectivity index (χ2n) is 3.34. The van der Waals surface area contributed by atoms with E-state index >= 15 is 0 Å². The van der Waals surface area contributed by atoms with Crippen LogP contribution in [-0.2, 0) is 0 Å². The first-order valence-electron chi connectivity index (χ1n) is 4.91. The molecule has 16 heavy (non-hydrogen) atoms. The lowest BCUT2D eigenvalue weighted by molar-refractivity contribution is 0.628. The number of halogens is 1. The molecule has 0 aliphatic heterocycles. The van der Waals surface area contributed by atoms with Gasteiger partial charge in [-0.1, -0.05) is 30.3 Å². The number of hydrogen-bond donors (Lipinski definition) is 1. The van der Waals surface area contributed by atoms with Crippen LogP contribution in [0, 0.1) is 5.82 Å². The number of amidine groups is 1. The summed E-state index contributed by atoms with van der Waals surface area (Å²) < 4.78 is 12.7. The smallest absolute Gasteiger partial charge is 0.131 e. The Morgan fingerprint density at radius 1 is 0.938 bits per heavy atom. The van der Waals surface area contributed by atoms with E-state index in [1.165, 1.54) is 12.1 Å². The monoisotopic (exact) mass is 214 g/mol. The fourth-order valence-corrected chi connectivity index (χ4v) is 1.33. The van der Waals surface area contributed by atoms with Gasteiger partial charge in [0.25, 0.3) is 0 Å². The second kappa shape index (κ2) is 4.57. The van der Waals surface area contributed by atoms with Gasteiger partial charge in [0.2, 0.25) is 0 Å². The highest BCUT2D eigenvalue weighted by atomic mass is 19.1. The molecule has 2 aromatic rings. The summed E-state index contributed by atoms with van der Waals surface area (Å²) in [5.41, 5.74) is 7.32. The molecule has 2 nitrogen and oxygen atoms in total. The molecule has 0 radical (unpaired) electrons. The van der Waals surface area contributed by atoms with Crippen LogP contribution in [0.25, 0.3) is 0 Å². The standard InChI is InChI=1S/C13H11FN2/c14-11-6-8-12(9-7-11)16-13(15)10-4-2-1-3-5-10/h1-9H,(H2,15,16). The summed E-state index contributed by atoms with van der Waals surface area (Å²) in [5.74, 6) is 0.143. The fourth-order valence-electron chi connectivity index (χ4n) is 1.33. The van der Waals surface area contributed by atoms with Gasteiger partial charge in [0.15, 0.2) is 0 Å². The Kier molecular flexibility index (Phi) is 2.96. The Morgan fingerprint density at radius 3 is 2.19 bits per heavy atom. The third-order valence-corrected chi connectivity index (χ3v) is 2.15. The van der Waals surface area contributed by atoms with Crippen LogP contribution in [0.4, 0.5) is 10.1 Å². The molecule has 0 amide bonds. The second-order valence-corrected chi connectivity index (χ2v) is 3.34. The van der Waals surface area contributed by atoms with Gasteiger partial charge in [0, 0.05) is 5.56 Å². The number of rotatable bonds is 2. The summed E-state index contributed by atoms with van der Waals surface area (Å²) in [7, 11) is 0. The minimum atomic E-state index is -0.280. The van der Waals surface area contributed by atoms with Gasteiger partial charge >= 0.3 is 0 Å².